The molecule has 1 aromatic rings. The van der Waals surface area contributed by atoms with Crippen molar-refractivity contribution in [2.24, 2.45) is 0 Å². The molecule has 0 heterocycles. The zero-order valence-electron chi connectivity index (χ0n) is 9.22. The second-order valence-corrected chi connectivity index (χ2v) is 5.15. The van der Waals surface area contributed by atoms with Crippen LogP contribution in [0.4, 0.5) is 8.78 Å². The van der Waals surface area contributed by atoms with E-state index in [1.807, 2.05) is 18.2 Å². The fourth-order valence-corrected chi connectivity index (χ4v) is 2.73. The van der Waals surface area contributed by atoms with E-state index >= 15 is 0 Å². The van der Waals surface area contributed by atoms with E-state index in [0.29, 0.717) is 0 Å². The number of aliphatic hydroxyl groups is 1. The van der Waals surface area contributed by atoms with Crippen LogP contribution < -0.4 is 5.32 Å². The van der Waals surface area contributed by atoms with Gasteiger partial charge in [-0.05, 0) is 30.0 Å². The lowest BCUT2D eigenvalue weighted by molar-refractivity contribution is -0.0493. The molecule has 17 heavy (non-hydrogen) atoms. The highest BCUT2D eigenvalue weighted by Crippen LogP contribution is 2.35. The summed E-state index contributed by atoms with van der Waals surface area (Å²) >= 11 is 3.46. The highest BCUT2D eigenvalue weighted by Gasteiger charge is 2.31. The SMILES string of the molecule is OCC(F)(F)CNC1CCc2c(Br)cccc21. The monoisotopic (exact) mass is 305 g/mol. The van der Waals surface area contributed by atoms with Gasteiger partial charge in [-0.3, -0.25) is 0 Å². The Bertz CT molecular complexity index is 411. The Morgan fingerprint density at radius 1 is 1.47 bits per heavy atom. The van der Waals surface area contributed by atoms with Crippen molar-refractivity contribution >= 4 is 15.9 Å². The first-order chi connectivity index (χ1) is 8.03. The van der Waals surface area contributed by atoms with Crippen LogP contribution in [0.1, 0.15) is 23.6 Å². The van der Waals surface area contributed by atoms with Gasteiger partial charge in [0.05, 0.1) is 6.54 Å². The van der Waals surface area contributed by atoms with Crippen LogP contribution in [0.25, 0.3) is 0 Å². The van der Waals surface area contributed by atoms with Gasteiger partial charge in [0.2, 0.25) is 0 Å². The molecule has 0 spiro atoms. The zero-order chi connectivity index (χ0) is 12.5. The average Bonchev–Trinajstić information content (AvgIpc) is 2.71. The number of fused-ring (bicyclic) bond motifs is 1. The number of nitrogens with one attached hydrogen (secondary N) is 1. The normalized spacial score (nSPS) is 19.4. The maximum atomic E-state index is 12.9. The Morgan fingerprint density at radius 2 is 2.24 bits per heavy atom. The van der Waals surface area contributed by atoms with Gasteiger partial charge in [-0.25, -0.2) is 8.78 Å². The molecular weight excluding hydrogens is 292 g/mol. The predicted octanol–water partition coefficient (Wildman–Crippen LogP) is 2.65. The minimum absolute atomic E-state index is 0.0417. The summed E-state index contributed by atoms with van der Waals surface area (Å²) in [6.45, 7) is -1.60. The molecule has 5 heteroatoms. The third kappa shape index (κ3) is 2.84. The molecule has 0 radical (unpaired) electrons. The zero-order valence-corrected chi connectivity index (χ0v) is 10.8. The Kier molecular flexibility index (Phi) is 3.80. The topological polar surface area (TPSA) is 32.3 Å². The van der Waals surface area contributed by atoms with E-state index < -0.39 is 19.1 Å². The average molecular weight is 306 g/mol. The van der Waals surface area contributed by atoms with E-state index in [1.165, 1.54) is 5.56 Å². The van der Waals surface area contributed by atoms with Crippen molar-refractivity contribution < 1.29 is 13.9 Å². The van der Waals surface area contributed by atoms with E-state index in [1.54, 1.807) is 0 Å². The van der Waals surface area contributed by atoms with Crippen molar-refractivity contribution in [3.05, 3.63) is 33.8 Å². The Morgan fingerprint density at radius 3 is 2.94 bits per heavy atom. The molecule has 2 nitrogen and oxygen atoms in total. The summed E-state index contributed by atoms with van der Waals surface area (Å²) in [4.78, 5) is 0. The quantitative estimate of drug-likeness (QED) is 0.896. The van der Waals surface area contributed by atoms with Crippen molar-refractivity contribution in [3.63, 3.8) is 0 Å². The van der Waals surface area contributed by atoms with Gasteiger partial charge in [-0.1, -0.05) is 28.1 Å². The summed E-state index contributed by atoms with van der Waals surface area (Å²) in [5.74, 6) is -3.05. The lowest BCUT2D eigenvalue weighted by atomic mass is 10.1. The molecule has 0 fully saturated rings. The molecule has 0 saturated carbocycles. The molecule has 2 rings (SSSR count). The molecule has 0 aliphatic heterocycles. The molecule has 0 amide bonds. The molecule has 1 unspecified atom stereocenters. The summed E-state index contributed by atoms with van der Waals surface area (Å²) < 4.78 is 26.9. The van der Waals surface area contributed by atoms with Gasteiger partial charge in [-0.2, -0.15) is 0 Å². The van der Waals surface area contributed by atoms with Crippen LogP contribution in [0.5, 0.6) is 0 Å². The number of hydrogen-bond acceptors (Lipinski definition) is 2. The molecule has 0 bridgehead atoms. The van der Waals surface area contributed by atoms with E-state index in [9.17, 15) is 8.78 Å². The molecule has 2 N–H and O–H groups in total. The van der Waals surface area contributed by atoms with Gasteiger partial charge in [0.1, 0.15) is 6.61 Å². The van der Waals surface area contributed by atoms with Crippen LogP contribution in [-0.2, 0) is 6.42 Å². The Hall–Kier alpha value is -0.520. The van der Waals surface area contributed by atoms with Gasteiger partial charge in [0.25, 0.3) is 5.92 Å². The lowest BCUT2D eigenvalue weighted by Crippen LogP contribution is -2.37. The number of alkyl halides is 2. The molecule has 94 valence electrons. The highest BCUT2D eigenvalue weighted by atomic mass is 79.9. The van der Waals surface area contributed by atoms with Crippen molar-refractivity contribution in [1.29, 1.82) is 0 Å². The van der Waals surface area contributed by atoms with Crippen molar-refractivity contribution in [3.8, 4) is 0 Å². The van der Waals surface area contributed by atoms with Gasteiger partial charge in [0.15, 0.2) is 0 Å². The van der Waals surface area contributed by atoms with Crippen molar-refractivity contribution in [1.82, 2.24) is 5.32 Å². The Balaban J connectivity index is 2.05. The van der Waals surface area contributed by atoms with Gasteiger partial charge in [0, 0.05) is 10.5 Å². The fraction of sp³-hybridized carbons (Fsp3) is 0.500. The largest absolute Gasteiger partial charge is 0.390 e. The van der Waals surface area contributed by atoms with Crippen LogP contribution in [-0.4, -0.2) is 24.2 Å². The number of hydrogen-bond donors (Lipinski definition) is 2. The van der Waals surface area contributed by atoms with E-state index in [2.05, 4.69) is 21.2 Å². The summed E-state index contributed by atoms with van der Waals surface area (Å²) in [7, 11) is 0. The second-order valence-electron chi connectivity index (χ2n) is 4.29. The van der Waals surface area contributed by atoms with Crippen LogP contribution >= 0.6 is 15.9 Å². The van der Waals surface area contributed by atoms with Crippen molar-refractivity contribution in [2.45, 2.75) is 24.8 Å². The second kappa shape index (κ2) is 5.00. The van der Waals surface area contributed by atoms with Crippen LogP contribution in [0.3, 0.4) is 0 Å². The molecule has 1 aromatic carbocycles. The molecule has 1 atom stereocenters. The Labute approximate surface area is 107 Å². The maximum absolute atomic E-state index is 12.9. The standard InChI is InChI=1S/C12H14BrF2NO/c13-10-3-1-2-9-8(10)4-5-11(9)16-6-12(14,15)7-17/h1-3,11,16-17H,4-7H2. The van der Waals surface area contributed by atoms with Gasteiger partial charge < -0.3 is 10.4 Å². The summed E-state index contributed by atoms with van der Waals surface area (Å²) in [6.07, 6.45) is 1.71. The minimum Gasteiger partial charge on any atom is -0.390 e. The summed E-state index contributed by atoms with van der Waals surface area (Å²) in [5.41, 5.74) is 2.27. The first-order valence-corrected chi connectivity index (χ1v) is 6.32. The molecular formula is C12H14BrF2NO. The predicted molar refractivity (Wildman–Crippen MR) is 65.2 cm³/mol. The van der Waals surface area contributed by atoms with E-state index in [4.69, 9.17) is 5.11 Å². The summed E-state index contributed by atoms with van der Waals surface area (Å²) in [5, 5.41) is 11.3. The van der Waals surface area contributed by atoms with Gasteiger partial charge in [-0.15, -0.1) is 0 Å². The molecule has 1 aliphatic rings. The third-order valence-corrected chi connectivity index (χ3v) is 3.79. The maximum Gasteiger partial charge on any atom is 0.282 e. The fourth-order valence-electron chi connectivity index (χ4n) is 2.15. The number of rotatable bonds is 4. The number of aliphatic hydroxyl groups excluding tert-OH is 1. The number of benzene rings is 1. The lowest BCUT2D eigenvalue weighted by Gasteiger charge is -2.19. The third-order valence-electron chi connectivity index (χ3n) is 3.05. The highest BCUT2D eigenvalue weighted by molar-refractivity contribution is 9.10. The van der Waals surface area contributed by atoms with E-state index in [0.717, 1.165) is 22.9 Å². The van der Waals surface area contributed by atoms with Gasteiger partial charge >= 0.3 is 0 Å². The molecule has 0 aromatic heterocycles. The summed E-state index contributed by atoms with van der Waals surface area (Å²) in [6, 6.07) is 5.79. The van der Waals surface area contributed by atoms with E-state index in [-0.39, 0.29) is 6.04 Å². The van der Waals surface area contributed by atoms with Crippen LogP contribution in [0.15, 0.2) is 22.7 Å². The first-order valence-electron chi connectivity index (χ1n) is 5.53. The van der Waals surface area contributed by atoms with Crippen molar-refractivity contribution in [2.75, 3.05) is 13.2 Å². The minimum atomic E-state index is -3.05. The molecule has 0 saturated heterocycles. The first kappa shape index (κ1) is 12.9. The smallest absolute Gasteiger partial charge is 0.282 e. The van der Waals surface area contributed by atoms with Crippen LogP contribution in [0.2, 0.25) is 0 Å². The van der Waals surface area contributed by atoms with Crippen LogP contribution in [0, 0.1) is 0 Å². The molecule has 1 aliphatic carbocycles. The number of halogens is 3.